The summed E-state index contributed by atoms with van der Waals surface area (Å²) in [6.45, 7) is 29.6. The summed E-state index contributed by atoms with van der Waals surface area (Å²) in [7, 11) is 0.502. The van der Waals surface area contributed by atoms with Crippen LogP contribution in [0.4, 0.5) is 0 Å². The number of hydrogen-bond donors (Lipinski definition) is 0. The maximum Gasteiger partial charge on any atom is 0.175 e. The van der Waals surface area contributed by atoms with Crippen molar-refractivity contribution < 1.29 is 0 Å². The van der Waals surface area contributed by atoms with Crippen molar-refractivity contribution in [2.45, 2.75) is 136 Å². The summed E-state index contributed by atoms with van der Waals surface area (Å²) in [6, 6.07) is 3.99. The number of rotatable bonds is 15. The molecule has 0 fully saturated rings. The lowest BCUT2D eigenvalue weighted by Crippen LogP contribution is -2.75. The van der Waals surface area contributed by atoms with Crippen LogP contribution in [0, 0.1) is 0 Å². The number of hydrogen-bond acceptors (Lipinski definition) is 4. The van der Waals surface area contributed by atoms with Crippen LogP contribution in [0.1, 0.15) is 83.1 Å². The zero-order chi connectivity index (χ0) is 24.6. The predicted octanol–water partition coefficient (Wildman–Crippen LogP) is 0.275. The standard InChI is InChI=1S/C21H60N4Si6/c1-16(2)22(17(3)4)29(13-26)25(30(14-27)23(18(5)6)19(7)8)31(15-28)24(20(9)10)21(11)12/h16-21,29-31H,13-15H2,1-12,26-28H3. The van der Waals surface area contributed by atoms with Crippen molar-refractivity contribution in [1.82, 2.24) is 17.6 Å². The van der Waals surface area contributed by atoms with Crippen LogP contribution in [-0.4, -0.2) is 112 Å². The molecule has 0 aliphatic rings. The first kappa shape index (κ1) is 32.1. The topological polar surface area (TPSA) is 13.0 Å². The molecule has 31 heavy (non-hydrogen) atoms. The van der Waals surface area contributed by atoms with Gasteiger partial charge in [-0.05, 0) is 53.3 Å². The highest BCUT2D eigenvalue weighted by atomic mass is 28.4. The Balaban J connectivity index is 6.88. The summed E-state index contributed by atoms with van der Waals surface area (Å²) in [5.74, 6) is 0. The van der Waals surface area contributed by atoms with Crippen molar-refractivity contribution >= 4 is 58.1 Å². The molecule has 0 N–H and O–H groups in total. The van der Waals surface area contributed by atoms with Gasteiger partial charge in [0.15, 0.2) is 27.4 Å². The number of nitrogens with zero attached hydrogens (tertiary/aromatic N) is 4. The van der Waals surface area contributed by atoms with E-state index >= 15 is 0 Å². The minimum Gasteiger partial charge on any atom is -0.339 e. The molecule has 4 nitrogen and oxygen atoms in total. The van der Waals surface area contributed by atoms with Gasteiger partial charge in [-0.2, -0.15) is 0 Å². The fraction of sp³-hybridized carbons (Fsp3) is 1.00. The van der Waals surface area contributed by atoms with Crippen molar-refractivity contribution in [2.24, 2.45) is 0 Å². The predicted molar refractivity (Wildman–Crippen MR) is 164 cm³/mol. The Labute approximate surface area is 211 Å². The Morgan fingerprint density at radius 3 is 0.677 bits per heavy atom. The lowest BCUT2D eigenvalue weighted by Gasteiger charge is -2.55. The van der Waals surface area contributed by atoms with E-state index in [2.05, 4.69) is 101 Å². The van der Waals surface area contributed by atoms with E-state index in [0.717, 1.165) is 0 Å². The average Bonchev–Trinajstić information content (AvgIpc) is 2.62. The first-order valence-electron chi connectivity index (χ1n) is 13.4. The van der Waals surface area contributed by atoms with E-state index in [1.807, 2.05) is 0 Å². The van der Waals surface area contributed by atoms with Gasteiger partial charge in [0, 0.05) is 30.7 Å². The molecule has 0 saturated carbocycles. The minimum atomic E-state index is -1.17. The van der Waals surface area contributed by atoms with Gasteiger partial charge in [-0.1, -0.05) is 83.1 Å². The third kappa shape index (κ3) is 8.70. The Kier molecular flexibility index (Phi) is 15.8. The van der Waals surface area contributed by atoms with Crippen LogP contribution in [-0.2, 0) is 0 Å². The fourth-order valence-corrected chi connectivity index (χ4v) is 40.3. The van der Waals surface area contributed by atoms with Crippen molar-refractivity contribution in [3.8, 4) is 0 Å². The largest absolute Gasteiger partial charge is 0.339 e. The molecule has 0 rings (SSSR count). The molecule has 0 amide bonds. The van der Waals surface area contributed by atoms with E-state index in [-0.39, 0.29) is 0 Å². The summed E-state index contributed by atoms with van der Waals surface area (Å²) in [4.78, 5) is 0. The Morgan fingerprint density at radius 2 is 0.581 bits per heavy atom. The average molecular weight is 537 g/mol. The molecule has 0 aromatic rings. The molecule has 3 atom stereocenters. The zero-order valence-electron chi connectivity index (χ0n) is 24.1. The summed E-state index contributed by atoms with van der Waals surface area (Å²) in [5, 5.41) is 0. The van der Waals surface area contributed by atoms with Crippen LogP contribution in [0.15, 0.2) is 0 Å². The summed E-state index contributed by atoms with van der Waals surface area (Å²) in [5.41, 5.74) is 4.54. The van der Waals surface area contributed by atoms with E-state index in [1.54, 1.807) is 0 Å². The zero-order valence-corrected chi connectivity index (χ0v) is 33.6. The second kappa shape index (κ2) is 15.2. The third-order valence-electron chi connectivity index (χ3n) is 6.74. The molecule has 0 heterocycles. The Bertz CT molecular complexity index is 388. The first-order chi connectivity index (χ1) is 14.3. The molecule has 0 bridgehead atoms. The molecule has 0 aliphatic heterocycles. The molecule has 0 aromatic carbocycles. The van der Waals surface area contributed by atoms with Gasteiger partial charge in [0.1, 0.15) is 0 Å². The molecule has 10 heteroatoms. The fourth-order valence-electron chi connectivity index (χ4n) is 6.18. The molecule has 3 unspecified atom stereocenters. The highest BCUT2D eigenvalue weighted by molar-refractivity contribution is 6.88. The van der Waals surface area contributed by atoms with Crippen molar-refractivity contribution in [3.05, 3.63) is 0 Å². The quantitative estimate of drug-likeness (QED) is 0.279. The normalized spacial score (nSPS) is 16.8. The Morgan fingerprint density at radius 1 is 0.419 bits per heavy atom. The van der Waals surface area contributed by atoms with Crippen molar-refractivity contribution in [1.29, 1.82) is 0 Å². The van der Waals surface area contributed by atoms with E-state index in [9.17, 15) is 0 Å². The van der Waals surface area contributed by atoms with Crippen LogP contribution in [0.5, 0.6) is 0 Å². The third-order valence-corrected chi connectivity index (χ3v) is 29.4. The van der Waals surface area contributed by atoms with Crippen molar-refractivity contribution in [2.75, 3.05) is 0 Å². The van der Waals surface area contributed by atoms with Gasteiger partial charge in [0.25, 0.3) is 0 Å². The van der Waals surface area contributed by atoms with E-state index in [4.69, 9.17) is 0 Å². The van der Waals surface area contributed by atoms with E-state index in [0.29, 0.717) is 36.3 Å². The molecule has 0 aliphatic carbocycles. The highest BCUT2D eigenvalue weighted by Crippen LogP contribution is 2.26. The van der Waals surface area contributed by atoms with Crippen LogP contribution < -0.4 is 0 Å². The highest BCUT2D eigenvalue weighted by Gasteiger charge is 2.44. The van der Waals surface area contributed by atoms with E-state index < -0.39 is 27.4 Å². The summed E-state index contributed by atoms with van der Waals surface area (Å²) < 4.78 is 12.5. The van der Waals surface area contributed by atoms with Crippen LogP contribution in [0.2, 0.25) is 17.0 Å². The maximum absolute atomic E-state index is 3.44. The van der Waals surface area contributed by atoms with Gasteiger partial charge in [0.2, 0.25) is 0 Å². The van der Waals surface area contributed by atoms with Crippen molar-refractivity contribution in [3.63, 3.8) is 0 Å². The van der Waals surface area contributed by atoms with Gasteiger partial charge < -0.3 is 17.6 Å². The lowest BCUT2D eigenvalue weighted by molar-refractivity contribution is 0.260. The van der Waals surface area contributed by atoms with Gasteiger partial charge in [-0.3, -0.25) is 0 Å². The molecule has 0 aromatic heterocycles. The van der Waals surface area contributed by atoms with Crippen LogP contribution >= 0.6 is 0 Å². The smallest absolute Gasteiger partial charge is 0.175 e. The lowest BCUT2D eigenvalue weighted by atomic mass is 10.3. The molecule has 188 valence electrons. The second-order valence-corrected chi connectivity index (χ2v) is 29.1. The van der Waals surface area contributed by atoms with Gasteiger partial charge in [0.05, 0.1) is 0 Å². The SMILES string of the molecule is CC(C)N(C(C)C)[SiH](C[SiH3])N([SiH](C[SiH3])N(C(C)C)C(C)C)[SiH](C[SiH3])N(C(C)C)C(C)C. The van der Waals surface area contributed by atoms with Gasteiger partial charge in [-0.25, -0.2) is 0 Å². The molecular weight excluding hydrogens is 477 g/mol. The minimum absolute atomic E-state index is 0.665. The first-order valence-corrected chi connectivity index (χ1v) is 23.2. The molecular formula is C21H60N4Si6. The van der Waals surface area contributed by atoms with E-state index in [1.165, 1.54) is 47.7 Å². The monoisotopic (exact) mass is 536 g/mol. The maximum atomic E-state index is 3.44. The van der Waals surface area contributed by atoms with Crippen LogP contribution in [0.25, 0.3) is 0 Å². The van der Waals surface area contributed by atoms with Crippen LogP contribution in [0.3, 0.4) is 0 Å². The second-order valence-electron chi connectivity index (χ2n) is 11.0. The molecule has 0 saturated heterocycles. The Hall–Kier alpha value is 1.14. The summed E-state index contributed by atoms with van der Waals surface area (Å²) >= 11 is 0. The van der Waals surface area contributed by atoms with Gasteiger partial charge >= 0.3 is 0 Å². The molecule has 0 spiro atoms. The molecule has 0 radical (unpaired) electrons. The summed E-state index contributed by atoms with van der Waals surface area (Å²) in [6.07, 6.45) is 0. The van der Waals surface area contributed by atoms with Gasteiger partial charge in [-0.15, -0.1) is 0 Å².